The number of hydrogen-bond acceptors (Lipinski definition) is 3. The highest BCUT2D eigenvalue weighted by Gasteiger charge is 2.34. The van der Waals surface area contributed by atoms with Gasteiger partial charge in [0.1, 0.15) is 0 Å². The first-order chi connectivity index (χ1) is 10.6. The van der Waals surface area contributed by atoms with Crippen molar-refractivity contribution in [2.75, 3.05) is 6.54 Å². The molecule has 0 bridgehead atoms. The highest BCUT2D eigenvalue weighted by atomic mass is 32.1. The van der Waals surface area contributed by atoms with Crippen LogP contribution in [-0.2, 0) is 0 Å². The predicted octanol–water partition coefficient (Wildman–Crippen LogP) is 3.97. The summed E-state index contributed by atoms with van der Waals surface area (Å²) in [4.78, 5) is 26.5. The van der Waals surface area contributed by atoms with Gasteiger partial charge in [0.15, 0.2) is 5.78 Å². The van der Waals surface area contributed by atoms with E-state index in [1.807, 2.05) is 11.0 Å². The van der Waals surface area contributed by atoms with Crippen molar-refractivity contribution in [2.45, 2.75) is 32.2 Å². The Morgan fingerprint density at radius 3 is 2.55 bits per heavy atom. The number of likely N-dealkylation sites (tertiary alicyclic amines) is 1. The number of amides is 1. The minimum atomic E-state index is -0.0646. The average molecular weight is 313 g/mol. The Balaban J connectivity index is 1.85. The van der Waals surface area contributed by atoms with Crippen LogP contribution in [0.25, 0.3) is 0 Å². The summed E-state index contributed by atoms with van der Waals surface area (Å²) in [6.07, 6.45) is 0.977. The molecule has 0 spiro atoms. The van der Waals surface area contributed by atoms with E-state index >= 15 is 0 Å². The molecule has 2 aromatic rings. The van der Waals surface area contributed by atoms with Gasteiger partial charge in [0.2, 0.25) is 0 Å². The molecule has 1 aliphatic heterocycles. The van der Waals surface area contributed by atoms with Gasteiger partial charge < -0.3 is 4.90 Å². The van der Waals surface area contributed by atoms with Crippen LogP contribution in [0.2, 0.25) is 0 Å². The van der Waals surface area contributed by atoms with Crippen molar-refractivity contribution in [1.82, 2.24) is 4.90 Å². The van der Waals surface area contributed by atoms with Crippen LogP contribution in [0.3, 0.4) is 0 Å². The molecule has 4 heteroatoms. The van der Waals surface area contributed by atoms with E-state index in [2.05, 4.69) is 23.8 Å². The topological polar surface area (TPSA) is 37.4 Å². The number of carbonyl (C=O) groups excluding carboxylic acids is 2. The third-order valence-corrected chi connectivity index (χ3v) is 5.09. The molecule has 0 N–H and O–H groups in total. The summed E-state index contributed by atoms with van der Waals surface area (Å²) in [6.45, 7) is 4.32. The second kappa shape index (κ2) is 6.05. The number of Topliss-reactive ketones (excluding diaryl/α,β-unsaturated/α-hetero) is 1. The van der Waals surface area contributed by atoms with Gasteiger partial charge in [0, 0.05) is 24.1 Å². The van der Waals surface area contributed by atoms with Crippen LogP contribution in [0.5, 0.6) is 0 Å². The Hall–Kier alpha value is -1.94. The van der Waals surface area contributed by atoms with Crippen molar-refractivity contribution in [1.29, 1.82) is 0 Å². The second-order valence-corrected chi connectivity index (χ2v) is 6.68. The van der Waals surface area contributed by atoms with Gasteiger partial charge in [-0.25, -0.2) is 0 Å². The molecular weight excluding hydrogens is 294 g/mol. The number of benzene rings is 1. The van der Waals surface area contributed by atoms with E-state index in [4.69, 9.17) is 0 Å². The minimum Gasteiger partial charge on any atom is -0.335 e. The molecule has 3 nitrogen and oxygen atoms in total. The van der Waals surface area contributed by atoms with Crippen molar-refractivity contribution in [3.05, 3.63) is 57.8 Å². The lowest BCUT2D eigenvalue weighted by molar-refractivity contribution is 0.0741. The average Bonchev–Trinajstić information content (AvgIpc) is 3.15. The zero-order valence-corrected chi connectivity index (χ0v) is 13.6. The fraction of sp³-hybridized carbons (Fsp3) is 0.333. The second-order valence-electron chi connectivity index (χ2n) is 5.90. The molecule has 22 heavy (non-hydrogen) atoms. The molecule has 1 fully saturated rings. The van der Waals surface area contributed by atoms with Gasteiger partial charge in [-0.05, 0) is 48.7 Å². The maximum atomic E-state index is 12.9. The van der Waals surface area contributed by atoms with Crippen molar-refractivity contribution in [2.24, 2.45) is 0 Å². The summed E-state index contributed by atoms with van der Waals surface area (Å²) in [7, 11) is 0. The van der Waals surface area contributed by atoms with Crippen LogP contribution in [-0.4, -0.2) is 29.2 Å². The summed E-state index contributed by atoms with van der Waals surface area (Å²) in [6, 6.07) is 9.43. The zero-order valence-electron chi connectivity index (χ0n) is 12.8. The first-order valence-electron chi connectivity index (χ1n) is 7.51. The van der Waals surface area contributed by atoms with E-state index < -0.39 is 0 Å². The molecule has 3 rings (SSSR count). The molecule has 0 radical (unpaired) electrons. The normalized spacial score (nSPS) is 21.1. The van der Waals surface area contributed by atoms with E-state index in [-0.39, 0.29) is 17.7 Å². The molecule has 1 aromatic heterocycles. The SMILES string of the molecule is CC(=O)c1ccccc1C(=O)N1C[C@H](c2ccsc2)C[C@@H]1C. The van der Waals surface area contributed by atoms with Crippen LogP contribution in [0.4, 0.5) is 0 Å². The number of nitrogens with zero attached hydrogens (tertiary/aromatic N) is 1. The third-order valence-electron chi connectivity index (χ3n) is 4.39. The molecule has 0 unspecified atom stereocenters. The number of carbonyl (C=O) groups is 2. The molecule has 2 atom stereocenters. The van der Waals surface area contributed by atoms with Crippen LogP contribution in [0.1, 0.15) is 52.5 Å². The van der Waals surface area contributed by atoms with Gasteiger partial charge in [0.25, 0.3) is 5.91 Å². The molecular formula is C18H19NO2S. The first-order valence-corrected chi connectivity index (χ1v) is 8.45. The van der Waals surface area contributed by atoms with Crippen LogP contribution >= 0.6 is 11.3 Å². The smallest absolute Gasteiger partial charge is 0.254 e. The minimum absolute atomic E-state index is 0.0315. The van der Waals surface area contributed by atoms with Gasteiger partial charge >= 0.3 is 0 Å². The number of rotatable bonds is 3. The lowest BCUT2D eigenvalue weighted by atomic mass is 10.00. The summed E-state index contributed by atoms with van der Waals surface area (Å²) in [5, 5.41) is 4.24. The number of thiophene rings is 1. The summed E-state index contributed by atoms with van der Waals surface area (Å²) >= 11 is 1.69. The molecule has 2 heterocycles. The zero-order chi connectivity index (χ0) is 15.7. The Bertz CT molecular complexity index is 693. The molecule has 0 aliphatic carbocycles. The Labute approximate surface area is 134 Å². The molecule has 114 valence electrons. The maximum absolute atomic E-state index is 12.9. The predicted molar refractivity (Wildman–Crippen MR) is 88.6 cm³/mol. The largest absolute Gasteiger partial charge is 0.335 e. The van der Waals surface area contributed by atoms with Gasteiger partial charge in [-0.1, -0.05) is 18.2 Å². The van der Waals surface area contributed by atoms with E-state index in [1.54, 1.807) is 29.5 Å². The van der Waals surface area contributed by atoms with Gasteiger partial charge in [-0.15, -0.1) is 0 Å². The van der Waals surface area contributed by atoms with Crippen molar-refractivity contribution >= 4 is 23.0 Å². The van der Waals surface area contributed by atoms with Gasteiger partial charge in [-0.2, -0.15) is 11.3 Å². The molecule has 1 amide bonds. The Kier molecular flexibility index (Phi) is 4.12. The van der Waals surface area contributed by atoms with Crippen LogP contribution in [0.15, 0.2) is 41.1 Å². The van der Waals surface area contributed by atoms with E-state index in [1.165, 1.54) is 12.5 Å². The van der Waals surface area contributed by atoms with E-state index in [9.17, 15) is 9.59 Å². The lowest BCUT2D eigenvalue weighted by Crippen LogP contribution is -2.34. The van der Waals surface area contributed by atoms with Gasteiger partial charge in [0.05, 0.1) is 5.56 Å². The Morgan fingerprint density at radius 1 is 1.18 bits per heavy atom. The lowest BCUT2D eigenvalue weighted by Gasteiger charge is -2.22. The molecule has 1 saturated heterocycles. The van der Waals surface area contributed by atoms with E-state index in [0.29, 0.717) is 17.0 Å². The van der Waals surface area contributed by atoms with Crippen LogP contribution in [0, 0.1) is 0 Å². The summed E-state index contributed by atoms with van der Waals surface area (Å²) < 4.78 is 0. The maximum Gasteiger partial charge on any atom is 0.254 e. The quantitative estimate of drug-likeness (QED) is 0.804. The number of hydrogen-bond donors (Lipinski definition) is 0. The van der Waals surface area contributed by atoms with Crippen LogP contribution < -0.4 is 0 Å². The fourth-order valence-electron chi connectivity index (χ4n) is 3.19. The molecule has 1 aromatic carbocycles. The first kappa shape index (κ1) is 15.0. The van der Waals surface area contributed by atoms with Crippen molar-refractivity contribution in [3.8, 4) is 0 Å². The summed E-state index contributed by atoms with van der Waals surface area (Å²) in [5.74, 6) is 0.302. The van der Waals surface area contributed by atoms with Crippen molar-refractivity contribution in [3.63, 3.8) is 0 Å². The number of ketones is 1. The molecule has 1 aliphatic rings. The van der Waals surface area contributed by atoms with Gasteiger partial charge in [-0.3, -0.25) is 9.59 Å². The standard InChI is InChI=1S/C18H19NO2S/c1-12-9-15(14-7-8-22-11-14)10-19(12)18(21)17-6-4-3-5-16(17)13(2)20/h3-8,11-12,15H,9-10H2,1-2H3/t12-,15+/m0/s1. The highest BCUT2D eigenvalue weighted by Crippen LogP contribution is 2.33. The monoisotopic (exact) mass is 313 g/mol. The molecule has 0 saturated carbocycles. The fourth-order valence-corrected chi connectivity index (χ4v) is 3.94. The Morgan fingerprint density at radius 2 is 1.91 bits per heavy atom. The third kappa shape index (κ3) is 2.71. The summed E-state index contributed by atoms with van der Waals surface area (Å²) in [5.41, 5.74) is 2.35. The van der Waals surface area contributed by atoms with Crippen molar-refractivity contribution < 1.29 is 9.59 Å². The van der Waals surface area contributed by atoms with E-state index in [0.717, 1.165) is 13.0 Å². The highest BCUT2D eigenvalue weighted by molar-refractivity contribution is 7.08.